The molecule has 3 aromatic rings. The maximum atomic E-state index is 12.4. The van der Waals surface area contributed by atoms with Gasteiger partial charge in [0.05, 0.1) is 16.3 Å². The Morgan fingerprint density at radius 3 is 2.44 bits per heavy atom. The third kappa shape index (κ3) is 4.77. The smallest absolute Gasteiger partial charge is 0.326 e. The van der Waals surface area contributed by atoms with Gasteiger partial charge in [-0.05, 0) is 30.7 Å². The summed E-state index contributed by atoms with van der Waals surface area (Å²) < 4.78 is 12.3. The van der Waals surface area contributed by atoms with Crippen LogP contribution in [-0.2, 0) is 15.6 Å². The second kappa shape index (κ2) is 8.55. The Morgan fingerprint density at radius 1 is 1.00 bits per heavy atom. The van der Waals surface area contributed by atoms with Gasteiger partial charge in [0, 0.05) is 16.0 Å². The molecule has 3 rings (SSSR count). The van der Waals surface area contributed by atoms with Gasteiger partial charge in [-0.15, -0.1) is 0 Å². The van der Waals surface area contributed by atoms with Crippen LogP contribution in [0.3, 0.4) is 0 Å². The van der Waals surface area contributed by atoms with Gasteiger partial charge in [-0.3, -0.25) is 9.00 Å². The summed E-state index contributed by atoms with van der Waals surface area (Å²) in [6.07, 6.45) is 0.0517. The van der Waals surface area contributed by atoms with E-state index in [1.54, 1.807) is 42.5 Å². The first-order chi connectivity index (χ1) is 13.0. The third-order valence-corrected chi connectivity index (χ3v) is 5.44. The van der Waals surface area contributed by atoms with E-state index in [1.165, 1.54) is 0 Å². The fraction of sp³-hybridized carbons (Fsp3) is 0.150. The Balaban J connectivity index is 1.67. The molecule has 0 bridgehead atoms. The van der Waals surface area contributed by atoms with Crippen LogP contribution in [0, 0.1) is 0 Å². The summed E-state index contributed by atoms with van der Waals surface area (Å²) in [4.78, 5) is 28.8. The number of hydrogen-bond donors (Lipinski definition) is 2. The van der Waals surface area contributed by atoms with Crippen molar-refractivity contribution in [1.29, 1.82) is 0 Å². The first kappa shape index (κ1) is 18.7. The van der Waals surface area contributed by atoms with Gasteiger partial charge in [0.25, 0.3) is 5.91 Å². The van der Waals surface area contributed by atoms with Crippen LogP contribution >= 0.6 is 0 Å². The number of carbonyl (C=O) groups excluding carboxylic acids is 1. The fourth-order valence-electron chi connectivity index (χ4n) is 2.60. The Bertz CT molecular complexity index is 991. The lowest BCUT2D eigenvalue weighted by Crippen LogP contribution is -2.41. The molecule has 7 heteroatoms. The highest BCUT2D eigenvalue weighted by Gasteiger charge is 2.22. The van der Waals surface area contributed by atoms with Crippen molar-refractivity contribution in [3.05, 3.63) is 72.4 Å². The number of aromatic nitrogens is 1. The number of benzene rings is 2. The molecular weight excluding hydrogens is 364 g/mol. The zero-order valence-electron chi connectivity index (χ0n) is 14.4. The standard InChI is InChI=1S/C20H18N2O4S/c23-19(17-11-10-14-6-4-5-9-16(14)21-17)22-18(20(24)25)12-13-27(26)15-7-2-1-3-8-15/h1-11,18H,12-13H2,(H,22,23)(H,24,25)/t18-,27+/m0/s1. The van der Waals surface area contributed by atoms with Gasteiger partial charge >= 0.3 is 5.97 Å². The van der Waals surface area contributed by atoms with Crippen molar-refractivity contribution in [1.82, 2.24) is 10.3 Å². The van der Waals surface area contributed by atoms with Crippen LogP contribution in [0.1, 0.15) is 16.9 Å². The van der Waals surface area contributed by atoms with Crippen LogP contribution < -0.4 is 5.32 Å². The van der Waals surface area contributed by atoms with Gasteiger partial charge in [-0.25, -0.2) is 9.78 Å². The molecule has 0 unspecified atom stereocenters. The molecular formula is C20H18N2O4S. The van der Waals surface area contributed by atoms with Crippen LogP contribution in [0.2, 0.25) is 0 Å². The summed E-state index contributed by atoms with van der Waals surface area (Å²) in [5, 5.41) is 12.7. The van der Waals surface area contributed by atoms with Gasteiger partial charge < -0.3 is 10.4 Å². The van der Waals surface area contributed by atoms with Crippen LogP contribution in [0.4, 0.5) is 0 Å². The molecule has 6 nitrogen and oxygen atoms in total. The predicted molar refractivity (Wildman–Crippen MR) is 103 cm³/mol. The van der Waals surface area contributed by atoms with Gasteiger partial charge in [0.1, 0.15) is 11.7 Å². The molecule has 0 fully saturated rings. The number of fused-ring (bicyclic) bond motifs is 1. The zero-order chi connectivity index (χ0) is 19.2. The molecule has 0 spiro atoms. The number of carbonyl (C=O) groups is 2. The van der Waals surface area contributed by atoms with E-state index >= 15 is 0 Å². The van der Waals surface area contributed by atoms with Crippen molar-refractivity contribution in [2.24, 2.45) is 0 Å². The quantitative estimate of drug-likeness (QED) is 0.655. The number of aliphatic carboxylic acids is 1. The molecule has 2 aromatic carbocycles. The van der Waals surface area contributed by atoms with Gasteiger partial charge in [-0.1, -0.05) is 42.5 Å². The van der Waals surface area contributed by atoms with E-state index in [0.717, 1.165) is 5.39 Å². The minimum atomic E-state index is -1.33. The van der Waals surface area contributed by atoms with Crippen LogP contribution in [-0.4, -0.2) is 38.0 Å². The molecule has 0 aliphatic carbocycles. The van der Waals surface area contributed by atoms with E-state index in [-0.39, 0.29) is 17.9 Å². The van der Waals surface area contributed by atoms with Crippen molar-refractivity contribution in [3.63, 3.8) is 0 Å². The summed E-state index contributed by atoms with van der Waals surface area (Å²) in [7, 11) is -1.33. The van der Waals surface area contributed by atoms with E-state index in [4.69, 9.17) is 0 Å². The molecule has 1 amide bonds. The second-order valence-corrected chi connectivity index (χ2v) is 7.48. The van der Waals surface area contributed by atoms with Crippen LogP contribution in [0.5, 0.6) is 0 Å². The van der Waals surface area contributed by atoms with E-state index in [0.29, 0.717) is 10.4 Å². The molecule has 0 saturated carbocycles. The molecule has 27 heavy (non-hydrogen) atoms. The number of carboxylic acid groups (broad SMARTS) is 1. The number of carboxylic acids is 1. The maximum Gasteiger partial charge on any atom is 0.326 e. The lowest BCUT2D eigenvalue weighted by Gasteiger charge is -2.14. The highest BCUT2D eigenvalue weighted by Crippen LogP contribution is 2.12. The van der Waals surface area contributed by atoms with E-state index in [9.17, 15) is 18.9 Å². The van der Waals surface area contributed by atoms with Gasteiger partial charge in [-0.2, -0.15) is 0 Å². The SMILES string of the molecule is O=C(N[C@@H](CC[S@@](=O)c1ccccc1)C(=O)O)c1ccc2ccccc2n1. The Labute approximate surface area is 158 Å². The maximum absolute atomic E-state index is 12.4. The molecule has 2 atom stereocenters. The number of nitrogens with one attached hydrogen (secondary N) is 1. The summed E-state index contributed by atoms with van der Waals surface area (Å²) >= 11 is 0. The first-order valence-corrected chi connectivity index (χ1v) is 9.69. The zero-order valence-corrected chi connectivity index (χ0v) is 15.2. The number of amides is 1. The van der Waals surface area contributed by atoms with E-state index < -0.39 is 28.7 Å². The number of hydrogen-bond acceptors (Lipinski definition) is 4. The topological polar surface area (TPSA) is 96.4 Å². The lowest BCUT2D eigenvalue weighted by atomic mass is 10.2. The van der Waals surface area contributed by atoms with Crippen molar-refractivity contribution in [2.45, 2.75) is 17.4 Å². The minimum Gasteiger partial charge on any atom is -0.480 e. The predicted octanol–water partition coefficient (Wildman–Crippen LogP) is 2.62. The molecule has 0 aliphatic heterocycles. The lowest BCUT2D eigenvalue weighted by molar-refractivity contribution is -0.139. The Morgan fingerprint density at radius 2 is 1.70 bits per heavy atom. The second-order valence-electron chi connectivity index (χ2n) is 5.90. The molecule has 0 saturated heterocycles. The van der Waals surface area contributed by atoms with Crippen molar-refractivity contribution < 1.29 is 18.9 Å². The Hall–Kier alpha value is -3.06. The third-order valence-electron chi connectivity index (χ3n) is 4.03. The Kier molecular flexibility index (Phi) is 5.93. The fourth-order valence-corrected chi connectivity index (χ4v) is 3.74. The highest BCUT2D eigenvalue weighted by atomic mass is 32.2. The van der Waals surface area contributed by atoms with Gasteiger partial charge in [0.2, 0.25) is 0 Å². The molecule has 1 aromatic heterocycles. The average Bonchev–Trinajstić information content (AvgIpc) is 2.70. The molecule has 138 valence electrons. The number of pyridine rings is 1. The summed E-state index contributed by atoms with van der Waals surface area (Å²) in [5.41, 5.74) is 0.798. The van der Waals surface area contributed by atoms with Crippen molar-refractivity contribution >= 4 is 33.6 Å². The molecule has 0 radical (unpaired) electrons. The van der Waals surface area contributed by atoms with Crippen LogP contribution in [0.25, 0.3) is 10.9 Å². The largest absolute Gasteiger partial charge is 0.480 e. The van der Waals surface area contributed by atoms with E-state index in [1.807, 2.05) is 24.3 Å². The minimum absolute atomic E-state index is 0.0517. The first-order valence-electron chi connectivity index (χ1n) is 8.37. The number of rotatable bonds is 7. The summed E-state index contributed by atoms with van der Waals surface area (Å²) in [5.74, 6) is -1.61. The van der Waals surface area contributed by atoms with Gasteiger partial charge in [0.15, 0.2) is 0 Å². The summed E-state index contributed by atoms with van der Waals surface area (Å²) in [6.45, 7) is 0. The van der Waals surface area contributed by atoms with E-state index in [2.05, 4.69) is 10.3 Å². The van der Waals surface area contributed by atoms with Crippen molar-refractivity contribution in [2.75, 3.05) is 5.75 Å². The number of nitrogens with zero attached hydrogens (tertiary/aromatic N) is 1. The molecule has 0 aliphatic rings. The molecule has 1 heterocycles. The average molecular weight is 382 g/mol. The molecule has 2 N–H and O–H groups in total. The normalized spacial score (nSPS) is 13.0. The number of para-hydroxylation sites is 1. The van der Waals surface area contributed by atoms with Crippen molar-refractivity contribution in [3.8, 4) is 0 Å². The van der Waals surface area contributed by atoms with Crippen LogP contribution in [0.15, 0.2) is 71.6 Å². The monoisotopic (exact) mass is 382 g/mol. The summed E-state index contributed by atoms with van der Waals surface area (Å²) in [6, 6.07) is 18.3. The highest BCUT2D eigenvalue weighted by molar-refractivity contribution is 7.85.